The van der Waals surface area contributed by atoms with Crippen molar-refractivity contribution in [3.8, 4) is 0 Å². The van der Waals surface area contributed by atoms with E-state index < -0.39 is 0 Å². The van der Waals surface area contributed by atoms with E-state index in [0.29, 0.717) is 30.1 Å². The molecule has 150 valence electrons. The fourth-order valence-electron chi connectivity index (χ4n) is 3.53. The van der Waals surface area contributed by atoms with E-state index in [9.17, 15) is 14.7 Å². The number of nitrogens with two attached hydrogens (primary N) is 1. The molecule has 3 rings (SSSR count). The zero-order chi connectivity index (χ0) is 19.9. The molecule has 0 radical (unpaired) electrons. The number of hydrogen-bond acceptors (Lipinski definition) is 6. The predicted octanol–water partition coefficient (Wildman–Crippen LogP) is 1.73. The van der Waals surface area contributed by atoms with Crippen molar-refractivity contribution in [1.29, 1.82) is 0 Å². The quantitative estimate of drug-likeness (QED) is 0.563. The summed E-state index contributed by atoms with van der Waals surface area (Å²) in [6, 6.07) is 9.55. The first-order valence-corrected chi connectivity index (χ1v) is 10.4. The van der Waals surface area contributed by atoms with Crippen LogP contribution in [-0.4, -0.2) is 40.6 Å². The van der Waals surface area contributed by atoms with Crippen LogP contribution < -0.4 is 16.4 Å². The highest BCUT2D eigenvalue weighted by Gasteiger charge is 2.28. The Labute approximate surface area is 168 Å². The van der Waals surface area contributed by atoms with E-state index in [1.54, 1.807) is 5.38 Å². The van der Waals surface area contributed by atoms with Crippen molar-refractivity contribution in [3.05, 3.63) is 47.0 Å². The summed E-state index contributed by atoms with van der Waals surface area (Å²) < 4.78 is 0. The number of nitrogens with one attached hydrogen (secondary N) is 2. The standard InChI is InChI=1S/C20H26N4O3S/c21-20-24-17(12-28-20)19(27)22-15-8-6-14(7-9-15)18(26)23-16(11-25)10-13-4-2-1-3-5-13/h1-5,12,14-16,25H,6-11H2,(H2,21,24)(H,22,27)(H,23,26)/t14?,15?,16-/m1/s1. The van der Waals surface area contributed by atoms with Crippen molar-refractivity contribution in [2.45, 2.75) is 44.2 Å². The second-order valence-corrected chi connectivity index (χ2v) is 8.06. The van der Waals surface area contributed by atoms with Gasteiger partial charge >= 0.3 is 0 Å². The van der Waals surface area contributed by atoms with Crippen molar-refractivity contribution in [1.82, 2.24) is 15.6 Å². The van der Waals surface area contributed by atoms with Gasteiger partial charge in [-0.05, 0) is 37.7 Å². The minimum atomic E-state index is -0.289. The third-order valence-corrected chi connectivity index (χ3v) is 5.75. The Morgan fingerprint density at radius 3 is 2.54 bits per heavy atom. The van der Waals surface area contributed by atoms with Gasteiger partial charge < -0.3 is 21.5 Å². The van der Waals surface area contributed by atoms with Gasteiger partial charge in [0.1, 0.15) is 5.69 Å². The predicted molar refractivity (Wildman–Crippen MR) is 109 cm³/mol. The third-order valence-electron chi connectivity index (χ3n) is 5.08. The number of benzene rings is 1. The molecule has 0 spiro atoms. The van der Waals surface area contributed by atoms with Crippen molar-refractivity contribution >= 4 is 28.3 Å². The molecule has 8 heteroatoms. The molecule has 0 aliphatic heterocycles. The van der Waals surface area contributed by atoms with E-state index in [1.165, 1.54) is 11.3 Å². The summed E-state index contributed by atoms with van der Waals surface area (Å²) >= 11 is 1.24. The maximum Gasteiger partial charge on any atom is 0.271 e. The molecule has 1 saturated carbocycles. The van der Waals surface area contributed by atoms with E-state index in [-0.39, 0.29) is 36.4 Å². The summed E-state index contributed by atoms with van der Waals surface area (Å²) in [5, 5.41) is 17.6. The number of carbonyl (C=O) groups is 2. The van der Waals surface area contributed by atoms with Crippen LogP contribution in [0.25, 0.3) is 0 Å². The van der Waals surface area contributed by atoms with Crippen LogP contribution in [0.2, 0.25) is 0 Å². The van der Waals surface area contributed by atoms with Gasteiger partial charge in [-0.2, -0.15) is 0 Å². The molecule has 28 heavy (non-hydrogen) atoms. The fourth-order valence-corrected chi connectivity index (χ4v) is 4.07. The van der Waals surface area contributed by atoms with E-state index >= 15 is 0 Å². The van der Waals surface area contributed by atoms with Gasteiger partial charge in [-0.1, -0.05) is 30.3 Å². The van der Waals surface area contributed by atoms with Crippen LogP contribution in [0.3, 0.4) is 0 Å². The molecule has 1 fully saturated rings. The summed E-state index contributed by atoms with van der Waals surface area (Å²) in [6.45, 7) is -0.0944. The van der Waals surface area contributed by atoms with Gasteiger partial charge in [-0.3, -0.25) is 9.59 Å². The van der Waals surface area contributed by atoms with Crippen molar-refractivity contribution in [3.63, 3.8) is 0 Å². The van der Waals surface area contributed by atoms with Crippen molar-refractivity contribution < 1.29 is 14.7 Å². The lowest BCUT2D eigenvalue weighted by atomic mass is 9.85. The highest BCUT2D eigenvalue weighted by Crippen LogP contribution is 2.25. The molecule has 1 aliphatic carbocycles. The molecular formula is C20H26N4O3S. The lowest BCUT2D eigenvalue weighted by Crippen LogP contribution is -2.45. The number of carbonyl (C=O) groups excluding carboxylic acids is 2. The monoisotopic (exact) mass is 402 g/mol. The van der Waals surface area contributed by atoms with Crippen LogP contribution >= 0.6 is 11.3 Å². The summed E-state index contributed by atoms with van der Waals surface area (Å²) in [4.78, 5) is 28.7. The van der Waals surface area contributed by atoms with Gasteiger partial charge in [0.15, 0.2) is 5.13 Å². The van der Waals surface area contributed by atoms with Crippen LogP contribution in [0, 0.1) is 5.92 Å². The minimum absolute atomic E-state index is 0.0213. The molecule has 1 aromatic carbocycles. The zero-order valence-corrected chi connectivity index (χ0v) is 16.5. The summed E-state index contributed by atoms with van der Waals surface area (Å²) in [5.41, 5.74) is 6.99. The van der Waals surface area contributed by atoms with Gasteiger partial charge in [-0.15, -0.1) is 11.3 Å². The second-order valence-electron chi connectivity index (χ2n) is 7.17. The average molecular weight is 403 g/mol. The van der Waals surface area contributed by atoms with Gasteiger partial charge in [0.25, 0.3) is 5.91 Å². The maximum atomic E-state index is 12.6. The smallest absolute Gasteiger partial charge is 0.271 e. The number of aromatic nitrogens is 1. The lowest BCUT2D eigenvalue weighted by Gasteiger charge is -2.29. The summed E-state index contributed by atoms with van der Waals surface area (Å²) in [5.74, 6) is -0.330. The normalized spacial score (nSPS) is 20.3. The molecule has 1 aliphatic rings. The molecule has 0 bridgehead atoms. The largest absolute Gasteiger partial charge is 0.394 e. The Hall–Kier alpha value is -2.45. The minimum Gasteiger partial charge on any atom is -0.394 e. The van der Waals surface area contributed by atoms with Gasteiger partial charge in [0.2, 0.25) is 5.91 Å². The first-order chi connectivity index (χ1) is 13.5. The summed E-state index contributed by atoms with van der Waals surface area (Å²) in [6.07, 6.45) is 3.50. The molecule has 1 aromatic heterocycles. The first kappa shape index (κ1) is 20.3. The van der Waals surface area contributed by atoms with Crippen molar-refractivity contribution in [2.24, 2.45) is 5.92 Å². The molecule has 1 heterocycles. The Bertz CT molecular complexity index is 788. The maximum absolute atomic E-state index is 12.6. The number of aliphatic hydroxyl groups excluding tert-OH is 1. The third kappa shape index (κ3) is 5.53. The molecule has 2 amide bonds. The van der Waals surface area contributed by atoms with Crippen LogP contribution in [-0.2, 0) is 11.2 Å². The number of hydrogen-bond donors (Lipinski definition) is 4. The number of anilines is 1. The van der Waals surface area contributed by atoms with Gasteiger partial charge in [-0.25, -0.2) is 4.98 Å². The highest BCUT2D eigenvalue weighted by atomic mass is 32.1. The summed E-state index contributed by atoms with van der Waals surface area (Å²) in [7, 11) is 0. The molecule has 5 N–H and O–H groups in total. The molecule has 0 saturated heterocycles. The van der Waals surface area contributed by atoms with E-state index in [4.69, 9.17) is 5.73 Å². The number of nitrogen functional groups attached to an aromatic ring is 1. The molecule has 1 atom stereocenters. The number of aliphatic hydroxyl groups is 1. The Morgan fingerprint density at radius 2 is 1.93 bits per heavy atom. The van der Waals surface area contributed by atoms with Gasteiger partial charge in [0.05, 0.1) is 12.6 Å². The number of thiazole rings is 1. The highest BCUT2D eigenvalue weighted by molar-refractivity contribution is 7.13. The number of nitrogens with zero attached hydrogens (tertiary/aromatic N) is 1. The second kappa shape index (κ2) is 9.66. The Balaban J connectivity index is 1.44. The lowest BCUT2D eigenvalue weighted by molar-refractivity contribution is -0.127. The molecular weight excluding hydrogens is 376 g/mol. The van der Waals surface area contributed by atoms with Gasteiger partial charge in [0, 0.05) is 17.3 Å². The SMILES string of the molecule is Nc1nc(C(=O)NC2CCC(C(=O)N[C@@H](CO)Cc3ccccc3)CC2)cs1. The topological polar surface area (TPSA) is 117 Å². The fraction of sp³-hybridized carbons (Fsp3) is 0.450. The zero-order valence-electron chi connectivity index (χ0n) is 15.6. The molecule has 7 nitrogen and oxygen atoms in total. The van der Waals surface area contributed by atoms with Crippen LogP contribution in [0.4, 0.5) is 5.13 Å². The average Bonchev–Trinajstić information content (AvgIpc) is 3.15. The van der Waals surface area contributed by atoms with Crippen LogP contribution in [0.15, 0.2) is 35.7 Å². The van der Waals surface area contributed by atoms with E-state index in [0.717, 1.165) is 18.4 Å². The number of rotatable bonds is 7. The first-order valence-electron chi connectivity index (χ1n) is 9.52. The van der Waals surface area contributed by atoms with E-state index in [2.05, 4.69) is 15.6 Å². The van der Waals surface area contributed by atoms with Crippen LogP contribution in [0.5, 0.6) is 0 Å². The molecule has 0 unspecified atom stereocenters. The molecule has 2 aromatic rings. The number of amides is 2. The van der Waals surface area contributed by atoms with Crippen LogP contribution in [0.1, 0.15) is 41.7 Å². The van der Waals surface area contributed by atoms with Crippen molar-refractivity contribution in [2.75, 3.05) is 12.3 Å². The van der Waals surface area contributed by atoms with E-state index in [1.807, 2.05) is 30.3 Å². The Kier molecular flexibility index (Phi) is 7.00. The Morgan fingerprint density at radius 1 is 1.21 bits per heavy atom.